The van der Waals surface area contributed by atoms with Crippen molar-refractivity contribution < 1.29 is 9.47 Å². The summed E-state index contributed by atoms with van der Waals surface area (Å²) in [6.45, 7) is 5.29. The fourth-order valence-corrected chi connectivity index (χ4v) is 1.38. The normalized spacial score (nSPS) is 13.1. The van der Waals surface area contributed by atoms with Crippen LogP contribution < -0.4 is 5.32 Å². The molecule has 0 bridgehead atoms. The summed E-state index contributed by atoms with van der Waals surface area (Å²) in [5, 5.41) is 3.32. The summed E-state index contributed by atoms with van der Waals surface area (Å²) in [5.74, 6) is 0.667. The smallest absolute Gasteiger partial charge is 0.0591 e. The monoisotopic (exact) mass is 223 g/mol. The highest BCUT2D eigenvalue weighted by molar-refractivity contribution is 6.18. The van der Waals surface area contributed by atoms with E-state index in [2.05, 4.69) is 12.2 Å². The molecule has 0 aromatic carbocycles. The van der Waals surface area contributed by atoms with E-state index < -0.39 is 0 Å². The Labute approximate surface area is 92.1 Å². The molecule has 0 aromatic heterocycles. The maximum atomic E-state index is 5.73. The molecule has 0 aliphatic carbocycles. The number of nitrogens with one attached hydrogen (secondary N) is 1. The number of ether oxygens (including phenoxy) is 2. The Kier molecular flexibility index (Phi) is 11.4. The van der Waals surface area contributed by atoms with Crippen molar-refractivity contribution in [2.24, 2.45) is 0 Å². The lowest BCUT2D eigenvalue weighted by molar-refractivity contribution is 0.103. The van der Waals surface area contributed by atoms with E-state index in [9.17, 15) is 0 Å². The molecule has 0 aromatic rings. The highest BCUT2D eigenvalue weighted by Gasteiger charge is 2.01. The van der Waals surface area contributed by atoms with Crippen LogP contribution in [0.25, 0.3) is 0 Å². The van der Waals surface area contributed by atoms with Gasteiger partial charge in [0.15, 0.2) is 0 Å². The van der Waals surface area contributed by atoms with Gasteiger partial charge in [-0.05, 0) is 12.8 Å². The average molecular weight is 224 g/mol. The third-order valence-electron chi connectivity index (χ3n) is 2.00. The molecule has 0 aliphatic rings. The van der Waals surface area contributed by atoms with Crippen molar-refractivity contribution in [2.45, 2.75) is 25.8 Å². The van der Waals surface area contributed by atoms with E-state index in [1.807, 2.05) is 0 Å². The van der Waals surface area contributed by atoms with Gasteiger partial charge in [0.25, 0.3) is 0 Å². The Hall–Kier alpha value is 0.170. The highest BCUT2D eigenvalue weighted by atomic mass is 35.5. The molecule has 0 saturated carbocycles. The van der Waals surface area contributed by atoms with Gasteiger partial charge < -0.3 is 14.8 Å². The molecule has 86 valence electrons. The number of hydrogen-bond acceptors (Lipinski definition) is 3. The molecule has 14 heavy (non-hydrogen) atoms. The van der Waals surface area contributed by atoms with E-state index in [4.69, 9.17) is 21.1 Å². The van der Waals surface area contributed by atoms with Crippen molar-refractivity contribution >= 4 is 11.6 Å². The quantitative estimate of drug-likeness (QED) is 0.451. The molecule has 4 heteroatoms. The van der Waals surface area contributed by atoms with Gasteiger partial charge in [0, 0.05) is 38.8 Å². The maximum Gasteiger partial charge on any atom is 0.0591 e. The van der Waals surface area contributed by atoms with Gasteiger partial charge in [0.05, 0.1) is 6.61 Å². The minimum atomic E-state index is 0.416. The number of halogens is 1. The van der Waals surface area contributed by atoms with Crippen LogP contribution in [0.3, 0.4) is 0 Å². The predicted molar refractivity (Wildman–Crippen MR) is 60.1 cm³/mol. The SMILES string of the molecule is CCC(CCl)NCCOCCCOC. The summed E-state index contributed by atoms with van der Waals surface area (Å²) >= 11 is 5.73. The van der Waals surface area contributed by atoms with Crippen LogP contribution in [0, 0.1) is 0 Å². The third-order valence-corrected chi connectivity index (χ3v) is 2.37. The number of methoxy groups -OCH3 is 1. The van der Waals surface area contributed by atoms with E-state index in [-0.39, 0.29) is 0 Å². The molecule has 0 heterocycles. The van der Waals surface area contributed by atoms with Crippen molar-refractivity contribution in [3.8, 4) is 0 Å². The number of hydrogen-bond donors (Lipinski definition) is 1. The number of rotatable bonds is 10. The first-order chi connectivity index (χ1) is 6.85. The largest absolute Gasteiger partial charge is 0.385 e. The van der Waals surface area contributed by atoms with E-state index in [0.29, 0.717) is 11.9 Å². The molecule has 0 amide bonds. The van der Waals surface area contributed by atoms with E-state index in [1.165, 1.54) is 0 Å². The molecular weight excluding hydrogens is 202 g/mol. The molecule has 1 unspecified atom stereocenters. The Morgan fingerprint density at radius 2 is 2.07 bits per heavy atom. The summed E-state index contributed by atoms with van der Waals surface area (Å²) in [4.78, 5) is 0. The lowest BCUT2D eigenvalue weighted by Crippen LogP contribution is -2.32. The van der Waals surface area contributed by atoms with Gasteiger partial charge in [-0.25, -0.2) is 0 Å². The molecule has 0 aliphatic heterocycles. The fraction of sp³-hybridized carbons (Fsp3) is 1.00. The molecule has 0 spiro atoms. The van der Waals surface area contributed by atoms with Crippen molar-refractivity contribution in [3.63, 3.8) is 0 Å². The topological polar surface area (TPSA) is 30.5 Å². The Morgan fingerprint density at radius 3 is 2.64 bits per heavy atom. The first kappa shape index (κ1) is 14.2. The lowest BCUT2D eigenvalue weighted by Gasteiger charge is -2.13. The zero-order valence-corrected chi connectivity index (χ0v) is 9.98. The summed E-state index contributed by atoms with van der Waals surface area (Å²) in [6.07, 6.45) is 2.02. The van der Waals surface area contributed by atoms with E-state index >= 15 is 0 Å². The third kappa shape index (κ3) is 8.75. The highest BCUT2D eigenvalue weighted by Crippen LogP contribution is 1.93. The summed E-state index contributed by atoms with van der Waals surface area (Å²) < 4.78 is 10.3. The van der Waals surface area contributed by atoms with Crippen LogP contribution in [0.5, 0.6) is 0 Å². The van der Waals surface area contributed by atoms with Gasteiger partial charge >= 0.3 is 0 Å². The minimum absolute atomic E-state index is 0.416. The van der Waals surface area contributed by atoms with Gasteiger partial charge in [0.2, 0.25) is 0 Å². The van der Waals surface area contributed by atoms with Crippen LogP contribution >= 0.6 is 11.6 Å². The molecule has 1 N–H and O–H groups in total. The van der Waals surface area contributed by atoms with Gasteiger partial charge in [-0.15, -0.1) is 11.6 Å². The number of alkyl halides is 1. The van der Waals surface area contributed by atoms with Crippen molar-refractivity contribution in [3.05, 3.63) is 0 Å². The molecule has 3 nitrogen and oxygen atoms in total. The van der Waals surface area contributed by atoms with Crippen LogP contribution in [0.1, 0.15) is 19.8 Å². The zero-order valence-electron chi connectivity index (χ0n) is 9.22. The van der Waals surface area contributed by atoms with E-state index in [1.54, 1.807) is 7.11 Å². The Balaban J connectivity index is 3.04. The average Bonchev–Trinajstić information content (AvgIpc) is 2.22. The first-order valence-corrected chi connectivity index (χ1v) is 5.74. The molecule has 0 rings (SSSR count). The lowest BCUT2D eigenvalue weighted by atomic mass is 10.2. The molecule has 0 radical (unpaired) electrons. The minimum Gasteiger partial charge on any atom is -0.385 e. The van der Waals surface area contributed by atoms with Crippen LogP contribution in [0.2, 0.25) is 0 Å². The van der Waals surface area contributed by atoms with Gasteiger partial charge in [-0.1, -0.05) is 6.92 Å². The summed E-state index contributed by atoms with van der Waals surface area (Å²) in [7, 11) is 1.70. The predicted octanol–water partition coefficient (Wildman–Crippen LogP) is 1.65. The molecule has 0 saturated heterocycles. The second-order valence-corrected chi connectivity index (χ2v) is 3.48. The second-order valence-electron chi connectivity index (χ2n) is 3.17. The van der Waals surface area contributed by atoms with Crippen molar-refractivity contribution in [2.75, 3.05) is 39.4 Å². The van der Waals surface area contributed by atoms with Crippen molar-refractivity contribution in [1.29, 1.82) is 0 Å². The fourth-order valence-electron chi connectivity index (χ4n) is 1.05. The van der Waals surface area contributed by atoms with Crippen LogP contribution in [0.15, 0.2) is 0 Å². The molecule has 0 fully saturated rings. The summed E-state index contributed by atoms with van der Waals surface area (Å²) in [5.41, 5.74) is 0. The van der Waals surface area contributed by atoms with Crippen LogP contribution in [-0.4, -0.2) is 45.4 Å². The van der Waals surface area contributed by atoms with Crippen LogP contribution in [0.4, 0.5) is 0 Å². The second kappa shape index (κ2) is 11.2. The van der Waals surface area contributed by atoms with Gasteiger partial charge in [0.1, 0.15) is 0 Å². The molecular formula is C10H22ClNO2. The first-order valence-electron chi connectivity index (χ1n) is 5.21. The molecule has 1 atom stereocenters. The Bertz CT molecular complexity index is 110. The zero-order chi connectivity index (χ0) is 10.6. The standard InChI is InChI=1S/C10H22ClNO2/c1-3-10(9-11)12-5-8-14-7-4-6-13-2/h10,12H,3-9H2,1-2H3. The van der Waals surface area contributed by atoms with E-state index in [0.717, 1.165) is 39.2 Å². The van der Waals surface area contributed by atoms with Crippen LogP contribution in [-0.2, 0) is 9.47 Å². The van der Waals surface area contributed by atoms with Gasteiger partial charge in [-0.3, -0.25) is 0 Å². The maximum absolute atomic E-state index is 5.73. The Morgan fingerprint density at radius 1 is 1.29 bits per heavy atom. The van der Waals surface area contributed by atoms with Crippen molar-refractivity contribution in [1.82, 2.24) is 5.32 Å². The summed E-state index contributed by atoms with van der Waals surface area (Å²) in [6, 6.07) is 0.416. The van der Waals surface area contributed by atoms with Gasteiger partial charge in [-0.2, -0.15) is 0 Å².